The summed E-state index contributed by atoms with van der Waals surface area (Å²) in [7, 11) is 1.38. The second kappa shape index (κ2) is 6.75. The van der Waals surface area contributed by atoms with E-state index in [0.717, 1.165) is 13.0 Å². The Balaban J connectivity index is 2.45. The van der Waals surface area contributed by atoms with E-state index in [1.807, 2.05) is 20.8 Å². The maximum Gasteiger partial charge on any atom is 0.407 e. The van der Waals surface area contributed by atoms with Crippen LogP contribution in [0.1, 0.15) is 27.2 Å². The van der Waals surface area contributed by atoms with E-state index >= 15 is 0 Å². The number of hydrogen-bond donors (Lipinski definition) is 2. The van der Waals surface area contributed by atoms with Crippen molar-refractivity contribution in [2.75, 3.05) is 26.7 Å². The molecule has 2 N–H and O–H groups in total. The van der Waals surface area contributed by atoms with E-state index in [1.54, 1.807) is 0 Å². The molecule has 1 fully saturated rings. The summed E-state index contributed by atoms with van der Waals surface area (Å²) in [6.45, 7) is 7.30. The average Bonchev–Trinajstić information content (AvgIpc) is 2.33. The van der Waals surface area contributed by atoms with Crippen LogP contribution in [0.15, 0.2) is 0 Å². The highest BCUT2D eigenvalue weighted by atomic mass is 16.6. The van der Waals surface area contributed by atoms with Crippen molar-refractivity contribution in [2.45, 2.75) is 32.8 Å². The zero-order chi connectivity index (χ0) is 14.5. The van der Waals surface area contributed by atoms with Gasteiger partial charge in [-0.3, -0.25) is 4.79 Å². The van der Waals surface area contributed by atoms with E-state index in [1.165, 1.54) is 7.11 Å². The summed E-state index contributed by atoms with van der Waals surface area (Å²) in [5.74, 6) is -0.363. The second-order valence-corrected chi connectivity index (χ2v) is 5.77. The van der Waals surface area contributed by atoms with Gasteiger partial charge in [0.2, 0.25) is 0 Å². The number of rotatable bonds is 3. The Labute approximate surface area is 114 Å². The number of piperidine rings is 1. The molecule has 0 radical (unpaired) electrons. The fraction of sp³-hybridized carbons (Fsp3) is 0.846. The fourth-order valence-corrected chi connectivity index (χ4v) is 2.11. The van der Waals surface area contributed by atoms with Gasteiger partial charge < -0.3 is 20.1 Å². The number of ether oxygens (including phenoxy) is 2. The molecule has 0 saturated carbocycles. The first kappa shape index (κ1) is 15.8. The Kier molecular flexibility index (Phi) is 5.60. The molecule has 6 nitrogen and oxygen atoms in total. The van der Waals surface area contributed by atoms with Gasteiger partial charge in [-0.2, -0.15) is 0 Å². The van der Waals surface area contributed by atoms with Crippen LogP contribution in [0.5, 0.6) is 0 Å². The third-order valence-electron chi connectivity index (χ3n) is 3.04. The zero-order valence-corrected chi connectivity index (χ0v) is 12.1. The molecule has 6 heteroatoms. The molecule has 1 aliphatic heterocycles. The Morgan fingerprint density at radius 3 is 2.63 bits per heavy atom. The summed E-state index contributed by atoms with van der Waals surface area (Å²) in [6.07, 6.45) is 0.380. The first-order chi connectivity index (χ1) is 8.83. The number of amides is 1. The number of alkyl carbamates (subject to hydrolysis) is 1. The Morgan fingerprint density at radius 2 is 2.05 bits per heavy atom. The molecule has 1 heterocycles. The van der Waals surface area contributed by atoms with Gasteiger partial charge in [-0.05, 0) is 39.7 Å². The lowest BCUT2D eigenvalue weighted by Crippen LogP contribution is -2.46. The topological polar surface area (TPSA) is 76.7 Å². The highest BCUT2D eigenvalue weighted by Crippen LogP contribution is 2.20. The summed E-state index contributed by atoms with van der Waals surface area (Å²) >= 11 is 0. The van der Waals surface area contributed by atoms with Crippen LogP contribution in [0.3, 0.4) is 0 Å². The Morgan fingerprint density at radius 1 is 1.37 bits per heavy atom. The van der Waals surface area contributed by atoms with Crippen LogP contribution in [-0.4, -0.2) is 44.4 Å². The molecule has 110 valence electrons. The number of methoxy groups -OCH3 is 1. The molecule has 0 spiro atoms. The summed E-state index contributed by atoms with van der Waals surface area (Å²) in [6, 6.07) is 0. The minimum atomic E-state index is -0.514. The third kappa shape index (κ3) is 5.46. The van der Waals surface area contributed by atoms with Crippen molar-refractivity contribution in [1.29, 1.82) is 0 Å². The standard InChI is InChI=1S/C13H24N2O4/c1-13(2,3)19-12(17)15-7-9-5-6-14-8-10(9)11(16)18-4/h9-10,14H,5-8H2,1-4H3,(H,15,17). The maximum atomic E-state index is 11.6. The molecular weight excluding hydrogens is 248 g/mol. The molecule has 19 heavy (non-hydrogen) atoms. The highest BCUT2D eigenvalue weighted by Gasteiger charge is 2.32. The van der Waals surface area contributed by atoms with Gasteiger partial charge in [0.25, 0.3) is 0 Å². The molecule has 0 aromatic heterocycles. The number of esters is 1. The monoisotopic (exact) mass is 272 g/mol. The van der Waals surface area contributed by atoms with Crippen molar-refractivity contribution in [1.82, 2.24) is 10.6 Å². The highest BCUT2D eigenvalue weighted by molar-refractivity contribution is 5.73. The maximum absolute atomic E-state index is 11.6. The van der Waals surface area contributed by atoms with Gasteiger partial charge in [0.1, 0.15) is 5.60 Å². The fourth-order valence-electron chi connectivity index (χ4n) is 2.11. The summed E-state index contributed by atoms with van der Waals surface area (Å²) in [5.41, 5.74) is -0.514. The third-order valence-corrected chi connectivity index (χ3v) is 3.04. The van der Waals surface area contributed by atoms with Gasteiger partial charge in [0.05, 0.1) is 13.0 Å². The molecule has 1 aliphatic rings. The summed E-state index contributed by atoms with van der Waals surface area (Å²) in [4.78, 5) is 23.2. The van der Waals surface area contributed by atoms with Crippen LogP contribution < -0.4 is 10.6 Å². The van der Waals surface area contributed by atoms with Crippen molar-refractivity contribution in [2.24, 2.45) is 11.8 Å². The van der Waals surface area contributed by atoms with E-state index in [4.69, 9.17) is 9.47 Å². The minimum Gasteiger partial charge on any atom is -0.469 e. The average molecular weight is 272 g/mol. The molecule has 2 unspecified atom stereocenters. The number of carbonyl (C=O) groups excluding carboxylic acids is 2. The van der Waals surface area contributed by atoms with Crippen molar-refractivity contribution in [3.05, 3.63) is 0 Å². The molecule has 2 atom stereocenters. The van der Waals surface area contributed by atoms with Gasteiger partial charge in [-0.1, -0.05) is 0 Å². The SMILES string of the molecule is COC(=O)C1CNCCC1CNC(=O)OC(C)(C)C. The predicted octanol–water partition coefficient (Wildman–Crippen LogP) is 0.910. The smallest absolute Gasteiger partial charge is 0.407 e. The van der Waals surface area contributed by atoms with Gasteiger partial charge >= 0.3 is 12.1 Å². The van der Waals surface area contributed by atoms with Crippen LogP contribution in [-0.2, 0) is 14.3 Å². The zero-order valence-electron chi connectivity index (χ0n) is 12.1. The largest absolute Gasteiger partial charge is 0.469 e. The number of carbonyl (C=O) groups is 2. The van der Waals surface area contributed by atoms with Crippen molar-refractivity contribution in [3.63, 3.8) is 0 Å². The van der Waals surface area contributed by atoms with Crippen LogP contribution in [0.4, 0.5) is 4.79 Å². The Bertz CT molecular complexity index is 325. The van der Waals surface area contributed by atoms with Crippen LogP contribution in [0.25, 0.3) is 0 Å². The van der Waals surface area contributed by atoms with E-state index in [9.17, 15) is 9.59 Å². The summed E-state index contributed by atoms with van der Waals surface area (Å²) < 4.78 is 9.95. The first-order valence-corrected chi connectivity index (χ1v) is 6.59. The molecule has 1 amide bonds. The predicted molar refractivity (Wildman–Crippen MR) is 70.7 cm³/mol. The molecule has 1 saturated heterocycles. The van der Waals surface area contributed by atoms with Crippen LogP contribution >= 0.6 is 0 Å². The molecule has 0 aromatic rings. The van der Waals surface area contributed by atoms with Gasteiger partial charge in [-0.25, -0.2) is 4.79 Å². The van der Waals surface area contributed by atoms with Crippen molar-refractivity contribution < 1.29 is 19.1 Å². The quantitative estimate of drug-likeness (QED) is 0.747. The normalized spacial score (nSPS) is 23.6. The van der Waals surface area contributed by atoms with E-state index < -0.39 is 11.7 Å². The number of hydrogen-bond acceptors (Lipinski definition) is 5. The summed E-state index contributed by atoms with van der Waals surface area (Å²) in [5, 5.41) is 5.88. The van der Waals surface area contributed by atoms with Gasteiger partial charge in [0, 0.05) is 13.1 Å². The van der Waals surface area contributed by atoms with Crippen LogP contribution in [0.2, 0.25) is 0 Å². The minimum absolute atomic E-state index is 0.0845. The van der Waals surface area contributed by atoms with Crippen molar-refractivity contribution in [3.8, 4) is 0 Å². The van der Waals surface area contributed by atoms with E-state index in [0.29, 0.717) is 13.1 Å². The molecule has 0 aliphatic carbocycles. The van der Waals surface area contributed by atoms with Crippen LogP contribution in [0, 0.1) is 11.8 Å². The van der Waals surface area contributed by atoms with Crippen molar-refractivity contribution >= 4 is 12.1 Å². The molecule has 0 aromatic carbocycles. The van der Waals surface area contributed by atoms with E-state index in [-0.39, 0.29) is 17.8 Å². The lowest BCUT2D eigenvalue weighted by atomic mass is 9.86. The van der Waals surface area contributed by atoms with E-state index in [2.05, 4.69) is 10.6 Å². The van der Waals surface area contributed by atoms with Gasteiger partial charge in [-0.15, -0.1) is 0 Å². The Hall–Kier alpha value is -1.30. The first-order valence-electron chi connectivity index (χ1n) is 6.59. The lowest BCUT2D eigenvalue weighted by Gasteiger charge is -2.30. The molecule has 0 bridgehead atoms. The molecule has 1 rings (SSSR count). The lowest BCUT2D eigenvalue weighted by molar-refractivity contribution is -0.148. The number of nitrogens with one attached hydrogen (secondary N) is 2. The second-order valence-electron chi connectivity index (χ2n) is 5.77. The van der Waals surface area contributed by atoms with Gasteiger partial charge in [0.15, 0.2) is 0 Å². The molecular formula is C13H24N2O4.